The molecule has 4 amide bonds. The summed E-state index contributed by atoms with van der Waals surface area (Å²) in [6, 6.07) is 1.66. The van der Waals surface area contributed by atoms with E-state index in [2.05, 4.69) is 10.6 Å². The summed E-state index contributed by atoms with van der Waals surface area (Å²) in [5, 5.41) is 15.9. The first-order valence-corrected chi connectivity index (χ1v) is 13.6. The Morgan fingerprint density at radius 2 is 1.77 bits per heavy atom. The van der Waals surface area contributed by atoms with Crippen LogP contribution in [0.5, 0.6) is 0 Å². The highest BCUT2D eigenvalue weighted by atomic mass is 19.1. The van der Waals surface area contributed by atoms with Crippen molar-refractivity contribution in [2.45, 2.75) is 77.8 Å². The van der Waals surface area contributed by atoms with E-state index < -0.39 is 34.9 Å². The molecule has 1 heterocycles. The Bertz CT molecular complexity index is 1030. The van der Waals surface area contributed by atoms with Crippen molar-refractivity contribution in [3.63, 3.8) is 0 Å². The first-order chi connectivity index (χ1) is 18.4. The van der Waals surface area contributed by atoms with E-state index in [4.69, 9.17) is 0 Å². The number of hydrogen-bond acceptors (Lipinski definition) is 5. The number of nitrogens with one attached hydrogen (secondary N) is 2. The van der Waals surface area contributed by atoms with Gasteiger partial charge in [0, 0.05) is 25.2 Å². The van der Waals surface area contributed by atoms with E-state index in [9.17, 15) is 33.2 Å². The molecule has 0 radical (unpaired) electrons. The predicted octanol–water partition coefficient (Wildman–Crippen LogP) is 3.26. The van der Waals surface area contributed by atoms with Gasteiger partial charge in [0.05, 0.1) is 18.0 Å². The summed E-state index contributed by atoms with van der Waals surface area (Å²) in [5.41, 5.74) is -0.854. The molecule has 2 fully saturated rings. The zero-order valence-electron chi connectivity index (χ0n) is 22.9. The fourth-order valence-corrected chi connectivity index (χ4v) is 5.45. The molecular weight excluding hydrogens is 510 g/mol. The van der Waals surface area contributed by atoms with Crippen LogP contribution in [0.25, 0.3) is 0 Å². The Hall–Kier alpha value is -3.08. The topological polar surface area (TPSA) is 119 Å². The molecule has 1 aliphatic carbocycles. The minimum absolute atomic E-state index is 0.142. The number of piperidine rings is 1. The second kappa shape index (κ2) is 13.3. The molecule has 216 valence electrons. The van der Waals surface area contributed by atoms with E-state index in [-0.39, 0.29) is 36.4 Å². The molecule has 2 aliphatic rings. The van der Waals surface area contributed by atoms with E-state index in [1.807, 2.05) is 20.8 Å². The number of carbonyl (C=O) groups excluding carboxylic acids is 4. The van der Waals surface area contributed by atoms with E-state index in [1.165, 1.54) is 0 Å². The van der Waals surface area contributed by atoms with E-state index in [0.29, 0.717) is 49.4 Å². The average Bonchev–Trinajstić information content (AvgIpc) is 3.39. The van der Waals surface area contributed by atoms with Gasteiger partial charge >= 0.3 is 0 Å². The maximum atomic E-state index is 14.0. The fourth-order valence-electron chi connectivity index (χ4n) is 5.45. The van der Waals surface area contributed by atoms with Crippen LogP contribution >= 0.6 is 0 Å². The lowest BCUT2D eigenvalue weighted by molar-refractivity contribution is -0.156. The van der Waals surface area contributed by atoms with Crippen molar-refractivity contribution < 1.29 is 33.2 Å². The lowest BCUT2D eigenvalue weighted by atomic mass is 9.84. The van der Waals surface area contributed by atoms with Crippen molar-refractivity contribution in [3.8, 4) is 0 Å². The van der Waals surface area contributed by atoms with Gasteiger partial charge in [0.2, 0.25) is 18.2 Å². The summed E-state index contributed by atoms with van der Waals surface area (Å²) in [5.74, 6) is -3.28. The van der Waals surface area contributed by atoms with Crippen molar-refractivity contribution in [2.75, 3.05) is 19.6 Å². The molecule has 3 rings (SSSR count). The standard InChI is InChI=1S/C28H40F2N4O5/c1-28(2,3)24(32-25(36)19(16-34(39)17-35)14-18-6-4-5-7-18)27(38)33-12-10-21(11-13-33)31-26(37)22-9-8-20(29)15-23(22)30/h8-9,15,17-19,21,24,39H,4-7,10-14,16H2,1-3H3,(H,31,37)(H,32,36)/t19-,24-/m1/s1. The molecule has 11 heteroatoms. The number of nitrogens with zero attached hydrogens (tertiary/aromatic N) is 2. The molecule has 1 aliphatic heterocycles. The van der Waals surface area contributed by atoms with Crippen LogP contribution in [0.4, 0.5) is 8.78 Å². The fraction of sp³-hybridized carbons (Fsp3) is 0.643. The molecule has 1 aromatic rings. The second-order valence-electron chi connectivity index (χ2n) is 11.8. The number of likely N-dealkylation sites (tertiary alicyclic amines) is 1. The van der Waals surface area contributed by atoms with Crippen molar-refractivity contribution in [3.05, 3.63) is 35.4 Å². The van der Waals surface area contributed by atoms with Gasteiger partial charge in [0.1, 0.15) is 17.7 Å². The highest BCUT2D eigenvalue weighted by Gasteiger charge is 2.39. The van der Waals surface area contributed by atoms with Crippen LogP contribution in [0.15, 0.2) is 18.2 Å². The quantitative estimate of drug-likeness (QED) is 0.235. The van der Waals surface area contributed by atoms with Crippen LogP contribution in [0, 0.1) is 28.9 Å². The van der Waals surface area contributed by atoms with Crippen molar-refractivity contribution in [1.29, 1.82) is 0 Å². The van der Waals surface area contributed by atoms with Gasteiger partial charge in [0.15, 0.2) is 0 Å². The van der Waals surface area contributed by atoms with Gasteiger partial charge in [-0.15, -0.1) is 0 Å². The first kappa shape index (κ1) is 30.5. The van der Waals surface area contributed by atoms with Crippen LogP contribution < -0.4 is 10.6 Å². The number of hydrogen-bond donors (Lipinski definition) is 3. The highest BCUT2D eigenvalue weighted by Crippen LogP contribution is 2.31. The van der Waals surface area contributed by atoms with Crippen LogP contribution in [0.2, 0.25) is 0 Å². The lowest BCUT2D eigenvalue weighted by Crippen LogP contribution is -2.58. The van der Waals surface area contributed by atoms with Gasteiger partial charge in [-0.05, 0) is 42.7 Å². The zero-order chi connectivity index (χ0) is 28.7. The third-order valence-electron chi connectivity index (χ3n) is 7.71. The van der Waals surface area contributed by atoms with Crippen molar-refractivity contribution in [1.82, 2.24) is 20.6 Å². The highest BCUT2D eigenvalue weighted by molar-refractivity contribution is 5.94. The second-order valence-corrected chi connectivity index (χ2v) is 11.8. The SMILES string of the molecule is CC(C)(C)[C@H](NC(=O)[C@H](CC1CCCC1)CN(O)C=O)C(=O)N1CCC(NC(=O)c2ccc(F)cc2F)CC1. The zero-order valence-corrected chi connectivity index (χ0v) is 22.9. The molecule has 0 bridgehead atoms. The number of rotatable bonds is 10. The van der Waals surface area contributed by atoms with Gasteiger partial charge < -0.3 is 15.5 Å². The monoisotopic (exact) mass is 550 g/mol. The number of carbonyl (C=O) groups is 4. The maximum Gasteiger partial charge on any atom is 0.254 e. The van der Waals surface area contributed by atoms with Crippen molar-refractivity contribution >= 4 is 24.1 Å². The summed E-state index contributed by atoms with van der Waals surface area (Å²) in [7, 11) is 0. The van der Waals surface area contributed by atoms with Gasteiger partial charge in [-0.1, -0.05) is 46.5 Å². The minimum Gasteiger partial charge on any atom is -0.349 e. The Kier molecular flexibility index (Phi) is 10.4. The largest absolute Gasteiger partial charge is 0.349 e. The average molecular weight is 551 g/mol. The number of halogens is 2. The number of benzene rings is 1. The van der Waals surface area contributed by atoms with Gasteiger partial charge in [-0.2, -0.15) is 0 Å². The normalized spacial score (nSPS) is 18.4. The van der Waals surface area contributed by atoms with Crippen molar-refractivity contribution in [2.24, 2.45) is 17.3 Å². The molecular formula is C28H40F2N4O5. The third kappa shape index (κ3) is 8.45. The Balaban J connectivity index is 1.61. The molecule has 2 atom stereocenters. The van der Waals surface area contributed by atoms with Gasteiger partial charge in [0.25, 0.3) is 5.91 Å². The summed E-state index contributed by atoms with van der Waals surface area (Å²) < 4.78 is 27.1. The molecule has 39 heavy (non-hydrogen) atoms. The molecule has 3 N–H and O–H groups in total. The number of hydroxylamine groups is 2. The lowest BCUT2D eigenvalue weighted by Gasteiger charge is -2.39. The summed E-state index contributed by atoms with van der Waals surface area (Å²) >= 11 is 0. The van der Waals surface area contributed by atoms with E-state index in [0.717, 1.165) is 37.8 Å². The van der Waals surface area contributed by atoms with Gasteiger partial charge in [-0.3, -0.25) is 24.4 Å². The smallest absolute Gasteiger partial charge is 0.254 e. The summed E-state index contributed by atoms with van der Waals surface area (Å²) in [6.07, 6.45) is 5.86. The van der Waals surface area contributed by atoms with Crippen LogP contribution in [0.1, 0.15) is 76.1 Å². The van der Waals surface area contributed by atoms with E-state index >= 15 is 0 Å². The molecule has 1 aromatic carbocycles. The summed E-state index contributed by atoms with van der Waals surface area (Å²) in [4.78, 5) is 52.1. The molecule has 0 spiro atoms. The number of amides is 4. The van der Waals surface area contributed by atoms with Crippen LogP contribution in [0.3, 0.4) is 0 Å². The molecule has 9 nitrogen and oxygen atoms in total. The van der Waals surface area contributed by atoms with Crippen LogP contribution in [-0.4, -0.2) is 71.0 Å². The molecule has 0 unspecified atom stereocenters. The minimum atomic E-state index is -0.937. The maximum absolute atomic E-state index is 14.0. The summed E-state index contributed by atoms with van der Waals surface area (Å²) in [6.45, 7) is 6.09. The Morgan fingerprint density at radius 3 is 2.33 bits per heavy atom. The Morgan fingerprint density at radius 1 is 1.13 bits per heavy atom. The third-order valence-corrected chi connectivity index (χ3v) is 7.71. The molecule has 1 saturated carbocycles. The van der Waals surface area contributed by atoms with Gasteiger partial charge in [-0.25, -0.2) is 13.8 Å². The van der Waals surface area contributed by atoms with E-state index in [1.54, 1.807) is 4.90 Å². The van der Waals surface area contributed by atoms with Crippen LogP contribution in [-0.2, 0) is 14.4 Å². The molecule has 1 saturated heterocycles. The predicted molar refractivity (Wildman–Crippen MR) is 139 cm³/mol. The first-order valence-electron chi connectivity index (χ1n) is 13.6. The Labute approximate surface area is 228 Å². The molecule has 0 aromatic heterocycles.